The molecule has 162 valence electrons. The molecule has 7 nitrogen and oxygen atoms in total. The van der Waals surface area contributed by atoms with E-state index in [0.717, 1.165) is 11.3 Å². The predicted molar refractivity (Wildman–Crippen MR) is 125 cm³/mol. The van der Waals surface area contributed by atoms with Crippen molar-refractivity contribution in [3.63, 3.8) is 0 Å². The number of anilines is 2. The first kappa shape index (κ1) is 23.4. The number of hydrogen-bond acceptors (Lipinski definition) is 5. The molecule has 0 unspecified atom stereocenters. The number of amides is 2. The number of carbonyl (C=O) groups excluding carboxylic acids is 2. The average molecular weight is 499 g/mol. The van der Waals surface area contributed by atoms with Crippen LogP contribution in [0.4, 0.5) is 11.4 Å². The Morgan fingerprint density at radius 1 is 1.03 bits per heavy atom. The van der Waals surface area contributed by atoms with Gasteiger partial charge in [0.1, 0.15) is 5.82 Å². The first-order chi connectivity index (χ1) is 14.7. The molecule has 11 heteroatoms. The van der Waals surface area contributed by atoms with E-state index in [-0.39, 0.29) is 34.0 Å². The molecule has 2 N–H and O–H groups in total. The second-order valence-electron chi connectivity index (χ2n) is 6.58. The summed E-state index contributed by atoms with van der Waals surface area (Å²) in [6, 6.07) is 10.5. The number of halogens is 3. The van der Waals surface area contributed by atoms with Gasteiger partial charge in [0.2, 0.25) is 11.8 Å². The Morgan fingerprint density at radius 3 is 2.39 bits per heavy atom. The Kier molecular flexibility index (Phi) is 7.83. The molecule has 31 heavy (non-hydrogen) atoms. The Balaban J connectivity index is 1.57. The molecule has 0 fully saturated rings. The molecule has 2 aromatic carbocycles. The number of aryl methyl sites for hydroxylation is 1. The highest BCUT2D eigenvalue weighted by molar-refractivity contribution is 7.99. The van der Waals surface area contributed by atoms with Crippen LogP contribution in [0.25, 0.3) is 0 Å². The number of nitrogens with one attached hydrogen (secondary N) is 2. The second-order valence-corrected chi connectivity index (χ2v) is 8.77. The van der Waals surface area contributed by atoms with Gasteiger partial charge in [-0.15, -0.1) is 10.2 Å². The van der Waals surface area contributed by atoms with Crippen LogP contribution in [0.1, 0.15) is 11.4 Å². The predicted octanol–water partition coefficient (Wildman–Crippen LogP) is 5.00. The average Bonchev–Trinajstić information content (AvgIpc) is 3.04. The maximum atomic E-state index is 12.4. The van der Waals surface area contributed by atoms with Crippen LogP contribution in [0.5, 0.6) is 0 Å². The zero-order valence-electron chi connectivity index (χ0n) is 16.6. The van der Waals surface area contributed by atoms with Gasteiger partial charge in [0, 0.05) is 17.8 Å². The fraction of sp³-hybridized carbons (Fsp3) is 0.200. The first-order valence-electron chi connectivity index (χ1n) is 9.05. The van der Waals surface area contributed by atoms with Crippen molar-refractivity contribution in [3.05, 3.63) is 62.9 Å². The minimum atomic E-state index is -0.321. The van der Waals surface area contributed by atoms with Gasteiger partial charge in [-0.25, -0.2) is 0 Å². The number of para-hydroxylation sites is 1. The van der Waals surface area contributed by atoms with E-state index < -0.39 is 0 Å². The molecule has 1 aromatic heterocycles. The van der Waals surface area contributed by atoms with Crippen LogP contribution in [0.2, 0.25) is 15.1 Å². The SMILES string of the molecule is Cc1ccccc1NC(=O)Cc1nnc(SCC(=O)Nc2c(Cl)cc(Cl)cc2Cl)n1C. The summed E-state index contributed by atoms with van der Waals surface area (Å²) in [7, 11) is 1.74. The Bertz CT molecular complexity index is 1110. The molecule has 0 saturated heterocycles. The highest BCUT2D eigenvalue weighted by Crippen LogP contribution is 2.33. The van der Waals surface area contributed by atoms with Gasteiger partial charge in [0.25, 0.3) is 0 Å². The fourth-order valence-corrected chi connectivity index (χ4v) is 4.28. The van der Waals surface area contributed by atoms with Gasteiger partial charge < -0.3 is 15.2 Å². The van der Waals surface area contributed by atoms with Crippen LogP contribution >= 0.6 is 46.6 Å². The summed E-state index contributed by atoms with van der Waals surface area (Å²) in [5, 5.41) is 15.0. The minimum Gasteiger partial charge on any atom is -0.325 e. The van der Waals surface area contributed by atoms with Crippen molar-refractivity contribution in [3.8, 4) is 0 Å². The second kappa shape index (κ2) is 10.4. The number of nitrogens with zero attached hydrogens (tertiary/aromatic N) is 3. The number of aromatic nitrogens is 3. The number of carbonyl (C=O) groups is 2. The van der Waals surface area contributed by atoms with Gasteiger partial charge in [-0.3, -0.25) is 9.59 Å². The highest BCUT2D eigenvalue weighted by Gasteiger charge is 2.16. The number of benzene rings is 2. The van der Waals surface area contributed by atoms with Crippen molar-refractivity contribution >= 4 is 69.8 Å². The summed E-state index contributed by atoms with van der Waals surface area (Å²) in [6.45, 7) is 1.92. The lowest BCUT2D eigenvalue weighted by molar-refractivity contribution is -0.116. The molecular formula is C20H18Cl3N5O2S. The zero-order valence-corrected chi connectivity index (χ0v) is 19.7. The third-order valence-corrected chi connectivity index (χ3v) is 6.10. The van der Waals surface area contributed by atoms with Gasteiger partial charge in [0.15, 0.2) is 5.16 Å². The number of rotatable bonds is 7. The van der Waals surface area contributed by atoms with Crippen molar-refractivity contribution in [2.24, 2.45) is 7.05 Å². The van der Waals surface area contributed by atoms with Crippen molar-refractivity contribution < 1.29 is 9.59 Å². The van der Waals surface area contributed by atoms with Crippen molar-refractivity contribution in [1.29, 1.82) is 0 Å². The van der Waals surface area contributed by atoms with E-state index in [2.05, 4.69) is 20.8 Å². The standard InChI is InChI=1S/C20H18Cl3N5O2S/c1-11-5-3-4-6-15(11)24-17(29)9-16-26-27-20(28(16)2)31-10-18(30)25-19-13(22)7-12(21)8-14(19)23/h3-8H,9-10H2,1-2H3,(H,24,29)(H,25,30). The molecule has 0 atom stereocenters. The smallest absolute Gasteiger partial charge is 0.234 e. The first-order valence-corrected chi connectivity index (χ1v) is 11.2. The van der Waals surface area contributed by atoms with E-state index >= 15 is 0 Å². The molecule has 0 aliphatic rings. The molecule has 0 spiro atoms. The van der Waals surface area contributed by atoms with Gasteiger partial charge in [-0.05, 0) is 30.7 Å². The quantitative estimate of drug-likeness (QED) is 0.448. The van der Waals surface area contributed by atoms with Crippen LogP contribution in [0, 0.1) is 6.92 Å². The van der Waals surface area contributed by atoms with E-state index in [1.807, 2.05) is 31.2 Å². The number of hydrogen-bond donors (Lipinski definition) is 2. The Hall–Kier alpha value is -2.26. The van der Waals surface area contributed by atoms with Gasteiger partial charge in [0.05, 0.1) is 27.9 Å². The van der Waals surface area contributed by atoms with Crippen molar-refractivity contribution in [1.82, 2.24) is 14.8 Å². The summed E-state index contributed by atoms with van der Waals surface area (Å²) < 4.78 is 1.68. The summed E-state index contributed by atoms with van der Waals surface area (Å²) in [6.07, 6.45) is 0.0561. The highest BCUT2D eigenvalue weighted by atomic mass is 35.5. The van der Waals surface area contributed by atoms with Gasteiger partial charge >= 0.3 is 0 Å². The lowest BCUT2D eigenvalue weighted by Crippen LogP contribution is -2.18. The zero-order chi connectivity index (χ0) is 22.5. The summed E-state index contributed by atoms with van der Waals surface area (Å²) in [4.78, 5) is 24.7. The van der Waals surface area contributed by atoms with Gasteiger partial charge in [-0.2, -0.15) is 0 Å². The molecule has 3 rings (SSSR count). The molecule has 0 aliphatic heterocycles. The molecule has 0 aliphatic carbocycles. The normalized spacial score (nSPS) is 10.7. The topological polar surface area (TPSA) is 88.9 Å². The third kappa shape index (κ3) is 6.13. The summed E-state index contributed by atoms with van der Waals surface area (Å²) >= 11 is 19.2. The van der Waals surface area contributed by atoms with Crippen LogP contribution in [-0.4, -0.2) is 32.3 Å². The monoisotopic (exact) mass is 497 g/mol. The molecule has 1 heterocycles. The van der Waals surface area contributed by atoms with E-state index in [4.69, 9.17) is 34.8 Å². The summed E-state index contributed by atoms with van der Waals surface area (Å²) in [5.41, 5.74) is 2.02. The maximum absolute atomic E-state index is 12.4. The fourth-order valence-electron chi connectivity index (χ4n) is 2.64. The van der Waals surface area contributed by atoms with Crippen LogP contribution in [0.3, 0.4) is 0 Å². The molecular weight excluding hydrogens is 481 g/mol. The van der Waals surface area contributed by atoms with E-state index in [0.29, 0.717) is 21.7 Å². The lowest BCUT2D eigenvalue weighted by Gasteiger charge is -2.10. The summed E-state index contributed by atoms with van der Waals surface area (Å²) in [5.74, 6) is 0.0123. The van der Waals surface area contributed by atoms with Crippen molar-refractivity contribution in [2.75, 3.05) is 16.4 Å². The van der Waals surface area contributed by atoms with Crippen LogP contribution < -0.4 is 10.6 Å². The minimum absolute atomic E-state index is 0.0522. The Labute approximate surface area is 198 Å². The molecule has 3 aromatic rings. The van der Waals surface area contributed by atoms with Crippen LogP contribution in [0.15, 0.2) is 41.6 Å². The van der Waals surface area contributed by atoms with E-state index in [1.54, 1.807) is 11.6 Å². The van der Waals surface area contributed by atoms with Crippen LogP contribution in [-0.2, 0) is 23.1 Å². The largest absolute Gasteiger partial charge is 0.325 e. The number of thioether (sulfide) groups is 1. The lowest BCUT2D eigenvalue weighted by atomic mass is 10.2. The van der Waals surface area contributed by atoms with E-state index in [9.17, 15) is 9.59 Å². The third-order valence-electron chi connectivity index (χ3n) is 4.27. The van der Waals surface area contributed by atoms with E-state index in [1.165, 1.54) is 23.9 Å². The Morgan fingerprint density at radius 2 is 1.71 bits per heavy atom. The van der Waals surface area contributed by atoms with Gasteiger partial charge in [-0.1, -0.05) is 64.8 Å². The molecule has 0 radical (unpaired) electrons. The maximum Gasteiger partial charge on any atom is 0.234 e. The molecule has 2 amide bonds. The van der Waals surface area contributed by atoms with Crippen molar-refractivity contribution in [2.45, 2.75) is 18.5 Å². The molecule has 0 bridgehead atoms. The molecule has 0 saturated carbocycles.